The first kappa shape index (κ1) is 25.7. The summed E-state index contributed by atoms with van der Waals surface area (Å²) in [6.45, 7) is 4.46. The third kappa shape index (κ3) is 6.42. The molecule has 0 spiro atoms. The lowest BCUT2D eigenvalue weighted by molar-refractivity contribution is -0.136. The number of carboxylic acids is 1. The van der Waals surface area contributed by atoms with Crippen molar-refractivity contribution in [3.05, 3.63) is 101 Å². The average Bonchev–Trinajstić information content (AvgIpc) is 3.41. The number of para-hydroxylation sites is 1. The van der Waals surface area contributed by atoms with Crippen molar-refractivity contribution in [3.8, 4) is 17.0 Å². The van der Waals surface area contributed by atoms with Crippen molar-refractivity contribution in [1.82, 2.24) is 10.3 Å². The number of ether oxygens (including phenoxy) is 1. The van der Waals surface area contributed by atoms with Gasteiger partial charge in [-0.2, -0.15) is 0 Å². The molecule has 1 aromatic heterocycles. The van der Waals surface area contributed by atoms with Crippen molar-refractivity contribution in [2.45, 2.75) is 13.0 Å². The number of nitrogens with one attached hydrogen (secondary N) is 1. The van der Waals surface area contributed by atoms with Crippen molar-refractivity contribution >= 4 is 40.1 Å². The van der Waals surface area contributed by atoms with Crippen LogP contribution in [0.5, 0.6) is 5.75 Å². The molecular weight excluding hydrogens is 486 g/mol. The van der Waals surface area contributed by atoms with Crippen LogP contribution in [0.3, 0.4) is 0 Å². The molecule has 0 aliphatic carbocycles. The van der Waals surface area contributed by atoms with Gasteiger partial charge in [-0.15, -0.1) is 11.3 Å². The molecule has 3 aromatic carbocycles. The number of hydrogen-bond donors (Lipinski definition) is 2. The van der Waals surface area contributed by atoms with Crippen molar-refractivity contribution in [2.75, 3.05) is 18.6 Å². The molecule has 0 radical (unpaired) electrons. The van der Waals surface area contributed by atoms with E-state index in [4.69, 9.17) is 14.8 Å². The second-order valence-corrected chi connectivity index (χ2v) is 9.03. The molecule has 4 rings (SSSR count). The predicted molar refractivity (Wildman–Crippen MR) is 148 cm³/mol. The number of anilines is 2. The summed E-state index contributed by atoms with van der Waals surface area (Å²) in [5.41, 5.74) is 5.22. The maximum Gasteiger partial charge on any atom is 0.305 e. The van der Waals surface area contributed by atoms with Gasteiger partial charge in [-0.1, -0.05) is 49.1 Å². The van der Waals surface area contributed by atoms with Gasteiger partial charge in [0, 0.05) is 28.7 Å². The Labute approximate surface area is 219 Å². The Hall–Kier alpha value is -4.43. The Balaban J connectivity index is 1.59. The number of thiazole rings is 1. The van der Waals surface area contributed by atoms with Crippen molar-refractivity contribution < 1.29 is 19.4 Å². The minimum Gasteiger partial charge on any atom is -0.496 e. The molecule has 1 heterocycles. The summed E-state index contributed by atoms with van der Waals surface area (Å²) >= 11 is 1.54. The van der Waals surface area contributed by atoms with Crippen LogP contribution in [0.1, 0.15) is 27.9 Å². The molecule has 188 valence electrons. The zero-order chi connectivity index (χ0) is 26.2. The summed E-state index contributed by atoms with van der Waals surface area (Å²) < 4.78 is 5.52. The number of benzene rings is 3. The number of rotatable bonds is 11. The highest BCUT2D eigenvalue weighted by Gasteiger charge is 2.17. The van der Waals surface area contributed by atoms with Gasteiger partial charge in [0.25, 0.3) is 5.91 Å². The molecule has 8 heteroatoms. The molecule has 0 atom stereocenters. The maximum atomic E-state index is 12.3. The van der Waals surface area contributed by atoms with E-state index in [1.54, 1.807) is 36.7 Å². The van der Waals surface area contributed by atoms with Gasteiger partial charge in [0.15, 0.2) is 5.13 Å². The fraction of sp³-hybridized carbons (Fsp3) is 0.138. The Kier molecular flexibility index (Phi) is 8.33. The number of carboxylic acid groups (broad SMARTS) is 1. The lowest BCUT2D eigenvalue weighted by atomic mass is 10.1. The molecule has 1 amide bonds. The number of nitrogens with zero attached hydrogens (tertiary/aromatic N) is 2. The zero-order valence-electron chi connectivity index (χ0n) is 20.4. The lowest BCUT2D eigenvalue weighted by Gasteiger charge is -2.22. The first-order chi connectivity index (χ1) is 18.0. The summed E-state index contributed by atoms with van der Waals surface area (Å²) in [6, 6.07) is 23.2. The fourth-order valence-electron chi connectivity index (χ4n) is 3.76. The largest absolute Gasteiger partial charge is 0.496 e. The molecule has 37 heavy (non-hydrogen) atoms. The predicted octanol–water partition coefficient (Wildman–Crippen LogP) is 6.00. The topological polar surface area (TPSA) is 91.8 Å². The second kappa shape index (κ2) is 12.0. The standard InChI is InChI=1S/C29H27N3O4S/c1-3-20-10-14-23(15-11-20)32(29-31-25(19-37-29)24-6-4-5-7-26(24)36-2)18-21-8-12-22(13-9-21)28(35)30-17-16-27(33)34/h3-15,19H,1,16-18H2,2H3,(H,30,35)(H,33,34). The molecule has 0 unspecified atom stereocenters. The van der Waals surface area contributed by atoms with Crippen LogP contribution >= 0.6 is 11.3 Å². The van der Waals surface area contributed by atoms with Gasteiger partial charge >= 0.3 is 5.97 Å². The fourth-order valence-corrected chi connectivity index (χ4v) is 4.60. The quantitative estimate of drug-likeness (QED) is 0.255. The Morgan fingerprint density at radius 1 is 1.08 bits per heavy atom. The second-order valence-electron chi connectivity index (χ2n) is 8.19. The molecule has 0 fully saturated rings. The first-order valence-corrected chi connectivity index (χ1v) is 12.5. The number of aromatic nitrogens is 1. The molecule has 7 nitrogen and oxygen atoms in total. The van der Waals surface area contributed by atoms with Gasteiger partial charge in [0.05, 0.1) is 25.8 Å². The number of hydrogen-bond acceptors (Lipinski definition) is 6. The Morgan fingerprint density at radius 2 is 1.81 bits per heavy atom. The molecule has 0 bridgehead atoms. The number of carbonyl (C=O) groups is 2. The van der Waals surface area contributed by atoms with Crippen molar-refractivity contribution in [2.24, 2.45) is 0 Å². The van der Waals surface area contributed by atoms with Gasteiger partial charge in [0.2, 0.25) is 0 Å². The highest BCUT2D eigenvalue weighted by molar-refractivity contribution is 7.14. The molecule has 2 N–H and O–H groups in total. The van der Waals surface area contributed by atoms with E-state index in [2.05, 4.69) is 16.8 Å². The van der Waals surface area contributed by atoms with Crippen LogP contribution in [0.25, 0.3) is 17.3 Å². The van der Waals surface area contributed by atoms with Gasteiger partial charge in [0.1, 0.15) is 5.75 Å². The van der Waals surface area contributed by atoms with Gasteiger partial charge in [-0.05, 0) is 47.5 Å². The summed E-state index contributed by atoms with van der Waals surface area (Å²) in [7, 11) is 1.65. The highest BCUT2D eigenvalue weighted by atomic mass is 32.1. The summed E-state index contributed by atoms with van der Waals surface area (Å²) in [5, 5.41) is 14.2. The molecular formula is C29H27N3O4S. The maximum absolute atomic E-state index is 12.3. The van der Waals surface area contributed by atoms with Gasteiger partial charge in [-0.25, -0.2) is 4.98 Å². The number of methoxy groups -OCH3 is 1. The van der Waals surface area contributed by atoms with E-state index < -0.39 is 5.97 Å². The van der Waals surface area contributed by atoms with E-state index >= 15 is 0 Å². The van der Waals surface area contributed by atoms with E-state index in [-0.39, 0.29) is 18.9 Å². The molecule has 0 saturated carbocycles. The minimum absolute atomic E-state index is 0.0863. The molecule has 0 aliphatic rings. The van der Waals surface area contributed by atoms with Crippen molar-refractivity contribution in [1.29, 1.82) is 0 Å². The van der Waals surface area contributed by atoms with E-state index in [9.17, 15) is 9.59 Å². The van der Waals surface area contributed by atoms with Crippen LogP contribution in [0.4, 0.5) is 10.8 Å². The third-order valence-corrected chi connectivity index (χ3v) is 6.59. The summed E-state index contributed by atoms with van der Waals surface area (Å²) in [5.74, 6) is -0.489. The number of aliphatic carboxylic acids is 1. The monoisotopic (exact) mass is 513 g/mol. The lowest BCUT2D eigenvalue weighted by Crippen LogP contribution is -2.26. The number of amides is 1. The van der Waals surface area contributed by atoms with E-state index in [0.717, 1.165) is 39.0 Å². The van der Waals surface area contributed by atoms with Crippen LogP contribution in [0.2, 0.25) is 0 Å². The molecule has 4 aromatic rings. The number of carbonyl (C=O) groups excluding carboxylic acids is 1. The third-order valence-electron chi connectivity index (χ3n) is 5.73. The average molecular weight is 514 g/mol. The van der Waals surface area contributed by atoms with Crippen LogP contribution in [0.15, 0.2) is 84.8 Å². The van der Waals surface area contributed by atoms with Crippen LogP contribution in [-0.4, -0.2) is 35.6 Å². The van der Waals surface area contributed by atoms with Gasteiger partial charge < -0.3 is 20.1 Å². The Bertz CT molecular complexity index is 1380. The van der Waals surface area contributed by atoms with Crippen LogP contribution < -0.4 is 15.0 Å². The van der Waals surface area contributed by atoms with E-state index in [1.807, 2.05) is 66.0 Å². The summed E-state index contributed by atoms with van der Waals surface area (Å²) in [6.07, 6.45) is 1.69. The SMILES string of the molecule is C=Cc1ccc(N(Cc2ccc(C(=O)NCCC(=O)O)cc2)c2nc(-c3ccccc3OC)cs2)cc1. The summed E-state index contributed by atoms with van der Waals surface area (Å²) in [4.78, 5) is 30.0. The normalized spacial score (nSPS) is 10.5. The van der Waals surface area contributed by atoms with E-state index in [0.29, 0.717) is 12.1 Å². The molecule has 0 saturated heterocycles. The first-order valence-electron chi connectivity index (χ1n) is 11.7. The van der Waals surface area contributed by atoms with Crippen molar-refractivity contribution in [3.63, 3.8) is 0 Å². The highest BCUT2D eigenvalue weighted by Crippen LogP contribution is 2.36. The smallest absolute Gasteiger partial charge is 0.305 e. The Morgan fingerprint density at radius 3 is 2.49 bits per heavy atom. The minimum atomic E-state index is -0.951. The van der Waals surface area contributed by atoms with E-state index in [1.165, 1.54) is 0 Å². The zero-order valence-corrected chi connectivity index (χ0v) is 21.2. The molecule has 0 aliphatic heterocycles. The van der Waals surface area contributed by atoms with Crippen LogP contribution in [-0.2, 0) is 11.3 Å². The van der Waals surface area contributed by atoms with Gasteiger partial charge in [-0.3, -0.25) is 9.59 Å². The van der Waals surface area contributed by atoms with Crippen LogP contribution in [0, 0.1) is 0 Å².